The molecule has 0 aliphatic heterocycles. The summed E-state index contributed by atoms with van der Waals surface area (Å²) in [4.78, 5) is 30.1. The Morgan fingerprint density at radius 3 is 2.41 bits per heavy atom. The highest BCUT2D eigenvalue weighted by Crippen LogP contribution is 2.20. The van der Waals surface area contributed by atoms with E-state index in [9.17, 15) is 9.59 Å². The van der Waals surface area contributed by atoms with Gasteiger partial charge in [-0.15, -0.1) is 0 Å². The first-order valence-corrected chi connectivity index (χ1v) is 10.8. The van der Waals surface area contributed by atoms with Gasteiger partial charge in [-0.2, -0.15) is 0 Å². The van der Waals surface area contributed by atoms with E-state index in [-0.39, 0.29) is 17.9 Å². The first-order valence-electron chi connectivity index (χ1n) is 10.8. The number of carbonyl (C=O) groups is 2. The molecule has 32 heavy (non-hydrogen) atoms. The molecule has 6 nitrogen and oxygen atoms in total. The van der Waals surface area contributed by atoms with Gasteiger partial charge in [-0.05, 0) is 54.8 Å². The molecule has 6 heteroatoms. The van der Waals surface area contributed by atoms with Gasteiger partial charge in [0.05, 0.1) is 11.0 Å². The summed E-state index contributed by atoms with van der Waals surface area (Å²) in [7, 11) is 0. The number of amides is 2. The van der Waals surface area contributed by atoms with Crippen LogP contribution in [0.2, 0.25) is 0 Å². The summed E-state index contributed by atoms with van der Waals surface area (Å²) in [5.41, 5.74) is 4.35. The molecule has 1 saturated carbocycles. The third-order valence-electron chi connectivity index (χ3n) is 5.69. The number of hydrogen-bond acceptors (Lipinski definition) is 3. The normalized spacial score (nSPS) is 14.1. The van der Waals surface area contributed by atoms with Crippen molar-refractivity contribution >= 4 is 22.8 Å². The number of benzene rings is 3. The number of nitrogens with zero attached hydrogens (tertiary/aromatic N) is 2. The molecule has 160 valence electrons. The van der Waals surface area contributed by atoms with Crippen molar-refractivity contribution in [2.45, 2.75) is 31.3 Å². The van der Waals surface area contributed by atoms with Gasteiger partial charge >= 0.3 is 0 Å². The number of imidazole rings is 1. The van der Waals surface area contributed by atoms with Crippen LogP contribution in [0, 0.1) is 0 Å². The average Bonchev–Trinajstić information content (AvgIpc) is 3.54. The third-order valence-corrected chi connectivity index (χ3v) is 5.69. The Morgan fingerprint density at radius 2 is 1.66 bits per heavy atom. The van der Waals surface area contributed by atoms with Crippen LogP contribution in [0.3, 0.4) is 0 Å². The number of aromatic nitrogens is 2. The molecule has 0 radical (unpaired) electrons. The fourth-order valence-electron chi connectivity index (χ4n) is 3.77. The van der Waals surface area contributed by atoms with Crippen LogP contribution in [0.1, 0.15) is 28.8 Å². The Labute approximate surface area is 186 Å². The number of fused-ring (bicyclic) bond motifs is 1. The van der Waals surface area contributed by atoms with Gasteiger partial charge in [-0.1, -0.05) is 42.5 Å². The van der Waals surface area contributed by atoms with Gasteiger partial charge in [0.1, 0.15) is 12.4 Å². The molecule has 0 spiro atoms. The van der Waals surface area contributed by atoms with E-state index in [0.717, 1.165) is 35.1 Å². The first kappa shape index (κ1) is 20.0. The second-order valence-corrected chi connectivity index (χ2v) is 8.15. The lowest BCUT2D eigenvalue weighted by atomic mass is 10.0. The summed E-state index contributed by atoms with van der Waals surface area (Å²) in [5, 5.41) is 5.94. The van der Waals surface area contributed by atoms with Crippen molar-refractivity contribution in [3.05, 3.63) is 96.3 Å². The zero-order valence-electron chi connectivity index (χ0n) is 17.6. The number of carbonyl (C=O) groups excluding carboxylic acids is 2. The molecule has 1 aliphatic carbocycles. The Hall–Kier alpha value is -3.93. The van der Waals surface area contributed by atoms with E-state index in [1.807, 2.05) is 71.3 Å². The maximum atomic E-state index is 13.0. The lowest BCUT2D eigenvalue weighted by Gasteiger charge is -2.19. The molecule has 0 saturated heterocycles. The molecule has 1 unspecified atom stereocenters. The predicted octanol–water partition coefficient (Wildman–Crippen LogP) is 3.65. The van der Waals surface area contributed by atoms with Gasteiger partial charge < -0.3 is 10.6 Å². The minimum absolute atomic E-state index is 0.133. The summed E-state index contributed by atoms with van der Waals surface area (Å²) in [6.45, 7) is 0. The smallest absolute Gasteiger partial charge is 0.251 e. The van der Waals surface area contributed by atoms with Crippen molar-refractivity contribution in [3.63, 3.8) is 0 Å². The minimum atomic E-state index is -0.622. The predicted molar refractivity (Wildman–Crippen MR) is 124 cm³/mol. The van der Waals surface area contributed by atoms with E-state index in [0.29, 0.717) is 12.0 Å². The molecule has 4 aromatic rings. The quantitative estimate of drug-likeness (QED) is 0.476. The Kier molecular flexibility index (Phi) is 5.42. The largest absolute Gasteiger partial charge is 0.352 e. The molecule has 1 fully saturated rings. The second-order valence-electron chi connectivity index (χ2n) is 8.15. The van der Waals surface area contributed by atoms with E-state index < -0.39 is 6.04 Å². The summed E-state index contributed by atoms with van der Waals surface area (Å²) >= 11 is 0. The molecule has 1 atom stereocenters. The molecule has 2 amide bonds. The van der Waals surface area contributed by atoms with Gasteiger partial charge in [0.2, 0.25) is 5.91 Å². The van der Waals surface area contributed by atoms with Crippen LogP contribution in [0.4, 0.5) is 0 Å². The van der Waals surface area contributed by atoms with Crippen molar-refractivity contribution in [1.82, 2.24) is 20.2 Å². The van der Waals surface area contributed by atoms with E-state index in [1.54, 1.807) is 18.5 Å². The molecular weight excluding hydrogens is 400 g/mol. The highest BCUT2D eigenvalue weighted by Gasteiger charge is 2.28. The van der Waals surface area contributed by atoms with Crippen LogP contribution in [0.5, 0.6) is 0 Å². The van der Waals surface area contributed by atoms with Gasteiger partial charge in [-0.25, -0.2) is 4.98 Å². The standard InChI is InChI=1S/C26H24N4O2/c31-25(29-23(26(32)28-20-12-13-20)16-18-6-2-1-3-7-18)19-10-14-21(15-11-19)30-17-27-22-8-4-5-9-24(22)30/h1-11,14-15,17,20,23H,12-13,16H2,(H,28,32)(H,29,31). The van der Waals surface area contributed by atoms with Crippen LogP contribution in [-0.2, 0) is 11.2 Å². The zero-order chi connectivity index (χ0) is 21.9. The average molecular weight is 425 g/mol. The van der Waals surface area contributed by atoms with Crippen molar-refractivity contribution in [1.29, 1.82) is 0 Å². The molecular formula is C26H24N4O2. The molecule has 0 bridgehead atoms. The van der Waals surface area contributed by atoms with Gasteiger partial charge in [0.15, 0.2) is 0 Å². The Bertz CT molecular complexity index is 1240. The number of para-hydroxylation sites is 2. The van der Waals surface area contributed by atoms with E-state index in [2.05, 4.69) is 15.6 Å². The number of nitrogens with one attached hydrogen (secondary N) is 2. The Balaban J connectivity index is 1.32. The molecule has 3 aromatic carbocycles. The van der Waals surface area contributed by atoms with Crippen LogP contribution in [0.25, 0.3) is 16.7 Å². The lowest BCUT2D eigenvalue weighted by molar-refractivity contribution is -0.123. The van der Waals surface area contributed by atoms with Gasteiger partial charge in [0, 0.05) is 23.7 Å². The maximum absolute atomic E-state index is 13.0. The zero-order valence-corrected chi connectivity index (χ0v) is 17.6. The summed E-state index contributed by atoms with van der Waals surface area (Å²) in [5.74, 6) is -0.398. The summed E-state index contributed by atoms with van der Waals surface area (Å²) in [6.07, 6.45) is 4.23. The lowest BCUT2D eigenvalue weighted by Crippen LogP contribution is -2.48. The van der Waals surface area contributed by atoms with E-state index in [4.69, 9.17) is 0 Å². The van der Waals surface area contributed by atoms with Crippen LogP contribution in [0.15, 0.2) is 85.2 Å². The first-order chi connectivity index (χ1) is 15.7. The highest BCUT2D eigenvalue weighted by atomic mass is 16.2. The van der Waals surface area contributed by atoms with Gasteiger partial charge in [-0.3, -0.25) is 14.2 Å². The monoisotopic (exact) mass is 424 g/mol. The SMILES string of the molecule is O=C(NC(Cc1ccccc1)C(=O)NC1CC1)c1ccc(-n2cnc3ccccc32)cc1. The molecule has 5 rings (SSSR count). The fourth-order valence-corrected chi connectivity index (χ4v) is 3.77. The van der Waals surface area contributed by atoms with E-state index >= 15 is 0 Å². The van der Waals surface area contributed by atoms with Crippen molar-refractivity contribution < 1.29 is 9.59 Å². The summed E-state index contributed by atoms with van der Waals surface area (Å²) in [6, 6.07) is 24.6. The van der Waals surface area contributed by atoms with Crippen molar-refractivity contribution in [2.75, 3.05) is 0 Å². The van der Waals surface area contributed by atoms with E-state index in [1.165, 1.54) is 0 Å². The summed E-state index contributed by atoms with van der Waals surface area (Å²) < 4.78 is 1.98. The minimum Gasteiger partial charge on any atom is -0.352 e. The molecule has 1 aromatic heterocycles. The number of hydrogen-bond donors (Lipinski definition) is 2. The molecule has 1 aliphatic rings. The fraction of sp³-hybridized carbons (Fsp3) is 0.192. The Morgan fingerprint density at radius 1 is 0.938 bits per heavy atom. The van der Waals surface area contributed by atoms with Crippen LogP contribution < -0.4 is 10.6 Å². The maximum Gasteiger partial charge on any atom is 0.251 e. The third kappa shape index (κ3) is 4.39. The topological polar surface area (TPSA) is 76.0 Å². The van der Waals surface area contributed by atoms with Gasteiger partial charge in [0.25, 0.3) is 5.91 Å². The highest BCUT2D eigenvalue weighted by molar-refractivity contribution is 5.98. The molecule has 1 heterocycles. The van der Waals surface area contributed by atoms with Crippen LogP contribution >= 0.6 is 0 Å². The number of rotatable bonds is 7. The second kappa shape index (κ2) is 8.67. The molecule has 2 N–H and O–H groups in total. The van der Waals surface area contributed by atoms with Crippen LogP contribution in [-0.4, -0.2) is 33.4 Å². The van der Waals surface area contributed by atoms with Crippen molar-refractivity contribution in [2.24, 2.45) is 0 Å². The van der Waals surface area contributed by atoms with Crippen molar-refractivity contribution in [3.8, 4) is 5.69 Å².